The quantitative estimate of drug-likeness (QED) is 0.848. The van der Waals surface area contributed by atoms with E-state index in [1.54, 1.807) is 11.3 Å². The van der Waals surface area contributed by atoms with Gasteiger partial charge in [0.05, 0.1) is 11.1 Å². The van der Waals surface area contributed by atoms with Crippen molar-refractivity contribution in [3.63, 3.8) is 0 Å². The van der Waals surface area contributed by atoms with Gasteiger partial charge in [-0.05, 0) is 20.4 Å². The van der Waals surface area contributed by atoms with Crippen molar-refractivity contribution in [3.8, 4) is 0 Å². The number of rotatable bonds is 4. The highest BCUT2D eigenvalue weighted by Crippen LogP contribution is 2.26. The van der Waals surface area contributed by atoms with E-state index in [-0.39, 0.29) is 0 Å². The number of likely N-dealkylation sites (N-methyl/N-ethyl adjacent to an activating group) is 1. The Labute approximate surface area is 94.9 Å². The molecule has 0 spiro atoms. The summed E-state index contributed by atoms with van der Waals surface area (Å²) in [6.07, 6.45) is 4.44. The lowest BCUT2D eigenvalue weighted by atomic mass is 9.91. The van der Waals surface area contributed by atoms with Gasteiger partial charge in [0.1, 0.15) is 0 Å². The van der Waals surface area contributed by atoms with Crippen LogP contribution in [0.3, 0.4) is 0 Å². The van der Waals surface area contributed by atoms with Gasteiger partial charge in [-0.3, -0.25) is 0 Å². The van der Waals surface area contributed by atoms with Crippen LogP contribution in [-0.4, -0.2) is 30.8 Å². The van der Waals surface area contributed by atoms with Gasteiger partial charge in [0, 0.05) is 36.6 Å². The molecule has 4 heteroatoms. The van der Waals surface area contributed by atoms with Gasteiger partial charge in [0.15, 0.2) is 0 Å². The zero-order chi connectivity index (χ0) is 10.7. The number of nitrogens with one attached hydrogen (secondary N) is 1. The van der Waals surface area contributed by atoms with E-state index in [0.29, 0.717) is 18.1 Å². The number of thiazole rings is 1. The highest BCUT2D eigenvalue weighted by molar-refractivity contribution is 7.09. The monoisotopic (exact) mass is 226 g/mol. The largest absolute Gasteiger partial charge is 0.378 e. The molecule has 3 nitrogen and oxygen atoms in total. The lowest BCUT2D eigenvalue weighted by molar-refractivity contribution is 0.0963. The Balaban J connectivity index is 1.97. The van der Waals surface area contributed by atoms with Crippen molar-refractivity contribution < 1.29 is 4.74 Å². The van der Waals surface area contributed by atoms with E-state index >= 15 is 0 Å². The van der Waals surface area contributed by atoms with Crippen LogP contribution in [0.1, 0.15) is 18.4 Å². The molecule has 0 amide bonds. The Morgan fingerprint density at radius 2 is 2.60 bits per heavy atom. The van der Waals surface area contributed by atoms with Crippen LogP contribution in [0.15, 0.2) is 11.6 Å². The summed E-state index contributed by atoms with van der Waals surface area (Å²) in [4.78, 5) is 4.34. The second kappa shape index (κ2) is 5.05. The van der Waals surface area contributed by atoms with Gasteiger partial charge in [-0.1, -0.05) is 0 Å². The molecule has 1 N–H and O–H groups in total. The van der Waals surface area contributed by atoms with Crippen molar-refractivity contribution in [2.45, 2.75) is 31.9 Å². The summed E-state index contributed by atoms with van der Waals surface area (Å²) in [6.45, 7) is 3.08. The molecule has 1 aromatic rings. The standard InChI is InChI=1S/C11H18N2OS/c1-8-9(3-5-14-8)10(12-2)7-11-13-4-6-15-11/h4,6,8-10,12H,3,5,7H2,1-2H3. The summed E-state index contributed by atoms with van der Waals surface area (Å²) in [5.41, 5.74) is 0. The molecule has 2 rings (SSSR count). The maximum Gasteiger partial charge on any atom is 0.0940 e. The van der Waals surface area contributed by atoms with Crippen molar-refractivity contribution in [2.75, 3.05) is 13.7 Å². The molecule has 0 aromatic carbocycles. The van der Waals surface area contributed by atoms with Crippen molar-refractivity contribution in [3.05, 3.63) is 16.6 Å². The third kappa shape index (κ3) is 2.56. The van der Waals surface area contributed by atoms with Crippen LogP contribution in [0.2, 0.25) is 0 Å². The second-order valence-electron chi connectivity index (χ2n) is 4.05. The number of ether oxygens (including phenoxy) is 1. The number of hydrogen-bond acceptors (Lipinski definition) is 4. The minimum atomic E-state index is 0.377. The van der Waals surface area contributed by atoms with E-state index in [4.69, 9.17) is 4.74 Å². The molecule has 1 aliphatic rings. The smallest absolute Gasteiger partial charge is 0.0940 e. The van der Waals surface area contributed by atoms with Gasteiger partial charge in [-0.2, -0.15) is 0 Å². The molecule has 1 fully saturated rings. The summed E-state index contributed by atoms with van der Waals surface area (Å²) in [5.74, 6) is 0.624. The topological polar surface area (TPSA) is 34.2 Å². The Bertz CT molecular complexity index is 289. The van der Waals surface area contributed by atoms with E-state index < -0.39 is 0 Å². The third-order valence-corrected chi connectivity index (χ3v) is 4.00. The van der Waals surface area contributed by atoms with Gasteiger partial charge in [0.25, 0.3) is 0 Å². The van der Waals surface area contributed by atoms with Gasteiger partial charge >= 0.3 is 0 Å². The molecule has 0 aliphatic carbocycles. The van der Waals surface area contributed by atoms with E-state index in [0.717, 1.165) is 19.4 Å². The van der Waals surface area contributed by atoms with E-state index in [9.17, 15) is 0 Å². The molecule has 0 saturated carbocycles. The maximum atomic E-state index is 5.61. The Hall–Kier alpha value is -0.450. The fraction of sp³-hybridized carbons (Fsp3) is 0.727. The average molecular weight is 226 g/mol. The van der Waals surface area contributed by atoms with Crippen molar-refractivity contribution >= 4 is 11.3 Å². The van der Waals surface area contributed by atoms with E-state index in [2.05, 4.69) is 17.2 Å². The van der Waals surface area contributed by atoms with Crippen molar-refractivity contribution in [1.29, 1.82) is 0 Å². The van der Waals surface area contributed by atoms with Crippen LogP contribution in [0.5, 0.6) is 0 Å². The predicted molar refractivity (Wildman–Crippen MR) is 62.2 cm³/mol. The van der Waals surface area contributed by atoms with Crippen molar-refractivity contribution in [1.82, 2.24) is 10.3 Å². The minimum Gasteiger partial charge on any atom is -0.378 e. The lowest BCUT2D eigenvalue weighted by Gasteiger charge is -2.24. The van der Waals surface area contributed by atoms with Crippen molar-refractivity contribution in [2.24, 2.45) is 5.92 Å². The van der Waals surface area contributed by atoms with Crippen LogP contribution in [0, 0.1) is 5.92 Å². The van der Waals surface area contributed by atoms with Gasteiger partial charge in [-0.25, -0.2) is 4.98 Å². The first kappa shape index (κ1) is 11.0. The molecule has 3 unspecified atom stereocenters. The lowest BCUT2D eigenvalue weighted by Crippen LogP contribution is -2.38. The van der Waals surface area contributed by atoms with Crippen LogP contribution in [-0.2, 0) is 11.2 Å². The number of aromatic nitrogens is 1. The molecule has 0 radical (unpaired) electrons. The SMILES string of the molecule is CNC(Cc1nccs1)C1CCOC1C. The molecule has 2 heterocycles. The molecule has 15 heavy (non-hydrogen) atoms. The third-order valence-electron chi connectivity index (χ3n) is 3.20. The zero-order valence-corrected chi connectivity index (χ0v) is 10.1. The summed E-state index contributed by atoms with van der Waals surface area (Å²) in [7, 11) is 2.03. The summed E-state index contributed by atoms with van der Waals surface area (Å²) >= 11 is 1.73. The summed E-state index contributed by atoms with van der Waals surface area (Å²) in [6, 6.07) is 0.494. The van der Waals surface area contributed by atoms with Crippen LogP contribution in [0.4, 0.5) is 0 Å². The summed E-state index contributed by atoms with van der Waals surface area (Å²) in [5, 5.41) is 6.65. The van der Waals surface area contributed by atoms with Crippen LogP contribution >= 0.6 is 11.3 Å². The number of nitrogens with zero attached hydrogens (tertiary/aromatic N) is 1. The maximum absolute atomic E-state index is 5.61. The van der Waals surface area contributed by atoms with Gasteiger partial charge in [-0.15, -0.1) is 11.3 Å². The van der Waals surface area contributed by atoms with E-state index in [1.165, 1.54) is 5.01 Å². The van der Waals surface area contributed by atoms with Gasteiger partial charge in [0.2, 0.25) is 0 Å². The summed E-state index contributed by atoms with van der Waals surface area (Å²) < 4.78 is 5.61. The van der Waals surface area contributed by atoms with Crippen LogP contribution < -0.4 is 5.32 Å². The zero-order valence-electron chi connectivity index (χ0n) is 9.27. The molecule has 1 aliphatic heterocycles. The molecule has 0 bridgehead atoms. The predicted octanol–water partition coefficient (Wildman–Crippen LogP) is 1.70. The second-order valence-corrected chi connectivity index (χ2v) is 5.03. The van der Waals surface area contributed by atoms with Crippen LogP contribution in [0.25, 0.3) is 0 Å². The fourth-order valence-electron chi connectivity index (χ4n) is 2.29. The molecular weight excluding hydrogens is 208 g/mol. The molecule has 1 aromatic heterocycles. The van der Waals surface area contributed by atoms with Gasteiger partial charge < -0.3 is 10.1 Å². The Morgan fingerprint density at radius 1 is 1.73 bits per heavy atom. The Morgan fingerprint density at radius 3 is 3.13 bits per heavy atom. The number of hydrogen-bond donors (Lipinski definition) is 1. The first-order valence-electron chi connectivity index (χ1n) is 5.48. The first-order valence-corrected chi connectivity index (χ1v) is 6.36. The highest BCUT2D eigenvalue weighted by Gasteiger charge is 2.31. The minimum absolute atomic E-state index is 0.377. The van der Waals surface area contributed by atoms with E-state index in [1.807, 2.05) is 18.6 Å². The normalized spacial score (nSPS) is 28.1. The highest BCUT2D eigenvalue weighted by atomic mass is 32.1. The molecule has 1 saturated heterocycles. The molecule has 84 valence electrons. The average Bonchev–Trinajstić information content (AvgIpc) is 2.85. The fourth-order valence-corrected chi connectivity index (χ4v) is 2.96. The Kier molecular flexibility index (Phi) is 3.72. The molecular formula is C11H18N2OS. The first-order chi connectivity index (χ1) is 7.31. The molecule has 3 atom stereocenters.